The summed E-state index contributed by atoms with van der Waals surface area (Å²) in [7, 11) is 0. The molecular formula is C11H18S2. The predicted octanol–water partition coefficient (Wildman–Crippen LogP) is 4.81. The van der Waals surface area contributed by atoms with Gasteiger partial charge in [0.1, 0.15) is 0 Å². The number of hydrogen-bond acceptors (Lipinski definition) is 2. The summed E-state index contributed by atoms with van der Waals surface area (Å²) in [6.07, 6.45) is 6.96. The quantitative estimate of drug-likeness (QED) is 0.463. The molecule has 0 nitrogen and oxygen atoms in total. The topological polar surface area (TPSA) is 0 Å². The Kier molecular flexibility index (Phi) is 6.38. The SMILES string of the molecule is CCCCCCCSc1cccs1. The zero-order valence-corrected chi connectivity index (χ0v) is 9.92. The van der Waals surface area contributed by atoms with Crippen LogP contribution >= 0.6 is 23.1 Å². The Hall–Kier alpha value is 0.0500. The van der Waals surface area contributed by atoms with Gasteiger partial charge in [-0.1, -0.05) is 38.7 Å². The van der Waals surface area contributed by atoms with Gasteiger partial charge in [-0.3, -0.25) is 0 Å². The van der Waals surface area contributed by atoms with E-state index in [2.05, 4.69) is 24.4 Å². The Labute approximate surface area is 89.7 Å². The summed E-state index contributed by atoms with van der Waals surface area (Å²) in [5.41, 5.74) is 0. The molecule has 0 saturated heterocycles. The van der Waals surface area contributed by atoms with Gasteiger partial charge in [-0.05, 0) is 23.6 Å². The van der Waals surface area contributed by atoms with Crippen molar-refractivity contribution < 1.29 is 0 Å². The van der Waals surface area contributed by atoms with Gasteiger partial charge in [0.2, 0.25) is 0 Å². The van der Waals surface area contributed by atoms with Gasteiger partial charge in [0.25, 0.3) is 0 Å². The standard InChI is InChI=1S/C11H18S2/c1-2-3-4-5-6-9-12-11-8-7-10-13-11/h7-8,10H,2-6,9H2,1H3. The van der Waals surface area contributed by atoms with Gasteiger partial charge >= 0.3 is 0 Å². The normalized spacial score (nSPS) is 10.5. The monoisotopic (exact) mass is 214 g/mol. The Morgan fingerprint density at radius 3 is 2.77 bits per heavy atom. The molecule has 1 aromatic rings. The van der Waals surface area contributed by atoms with E-state index in [1.807, 2.05) is 23.1 Å². The van der Waals surface area contributed by atoms with Crippen LogP contribution in [0.15, 0.2) is 21.7 Å². The van der Waals surface area contributed by atoms with E-state index in [-0.39, 0.29) is 0 Å². The number of hydrogen-bond donors (Lipinski definition) is 0. The van der Waals surface area contributed by atoms with Gasteiger partial charge in [-0.2, -0.15) is 0 Å². The van der Waals surface area contributed by atoms with Gasteiger partial charge < -0.3 is 0 Å². The molecule has 0 bridgehead atoms. The van der Waals surface area contributed by atoms with Crippen molar-refractivity contribution in [2.75, 3.05) is 5.75 Å². The van der Waals surface area contributed by atoms with Crippen LogP contribution in [0, 0.1) is 0 Å². The summed E-state index contributed by atoms with van der Waals surface area (Å²) >= 11 is 3.86. The van der Waals surface area contributed by atoms with Crippen molar-refractivity contribution in [3.63, 3.8) is 0 Å². The van der Waals surface area contributed by atoms with E-state index in [1.54, 1.807) is 0 Å². The van der Waals surface area contributed by atoms with Crippen LogP contribution in [0.5, 0.6) is 0 Å². The molecule has 0 radical (unpaired) electrons. The zero-order chi connectivity index (χ0) is 9.36. The minimum absolute atomic E-state index is 1.30. The third-order valence-corrected chi connectivity index (χ3v) is 4.20. The highest BCUT2D eigenvalue weighted by atomic mass is 32.2. The summed E-state index contributed by atoms with van der Waals surface area (Å²) in [5, 5.41) is 2.15. The number of unbranched alkanes of at least 4 members (excludes halogenated alkanes) is 4. The molecule has 1 heterocycles. The van der Waals surface area contributed by atoms with Crippen molar-refractivity contribution in [1.82, 2.24) is 0 Å². The van der Waals surface area contributed by atoms with Crippen LogP contribution in [0.25, 0.3) is 0 Å². The maximum absolute atomic E-state index is 2.26. The molecule has 0 aromatic carbocycles. The molecule has 13 heavy (non-hydrogen) atoms. The maximum Gasteiger partial charge on any atom is 0.0598 e. The molecule has 0 aliphatic rings. The van der Waals surface area contributed by atoms with Crippen molar-refractivity contribution in [2.24, 2.45) is 0 Å². The first-order chi connectivity index (χ1) is 6.43. The van der Waals surface area contributed by atoms with Crippen molar-refractivity contribution in [1.29, 1.82) is 0 Å². The molecule has 0 unspecified atom stereocenters. The molecule has 74 valence electrons. The third kappa shape index (κ3) is 5.37. The molecule has 1 aromatic heterocycles. The largest absolute Gasteiger partial charge is 0.137 e. The molecule has 2 heteroatoms. The summed E-state index contributed by atoms with van der Waals surface area (Å²) in [4.78, 5) is 0. The summed E-state index contributed by atoms with van der Waals surface area (Å²) < 4.78 is 1.47. The number of rotatable bonds is 7. The van der Waals surface area contributed by atoms with E-state index in [4.69, 9.17) is 0 Å². The summed E-state index contributed by atoms with van der Waals surface area (Å²) in [5.74, 6) is 1.30. The molecule has 1 rings (SSSR count). The van der Waals surface area contributed by atoms with Crippen LogP contribution in [-0.4, -0.2) is 5.75 Å². The highest BCUT2D eigenvalue weighted by Gasteiger charge is 1.94. The number of thiophene rings is 1. The van der Waals surface area contributed by atoms with E-state index in [0.717, 1.165) is 0 Å². The van der Waals surface area contributed by atoms with E-state index in [0.29, 0.717) is 0 Å². The molecule has 0 amide bonds. The minimum atomic E-state index is 1.30. The first-order valence-electron chi connectivity index (χ1n) is 5.10. The van der Waals surface area contributed by atoms with E-state index >= 15 is 0 Å². The van der Waals surface area contributed by atoms with Gasteiger partial charge in [0.15, 0.2) is 0 Å². The molecule has 0 atom stereocenters. The Morgan fingerprint density at radius 1 is 1.23 bits per heavy atom. The second kappa shape index (κ2) is 7.45. The molecule has 0 N–H and O–H groups in total. The van der Waals surface area contributed by atoms with Gasteiger partial charge in [0.05, 0.1) is 4.21 Å². The fraction of sp³-hybridized carbons (Fsp3) is 0.636. The summed E-state index contributed by atoms with van der Waals surface area (Å²) in [6.45, 7) is 2.26. The Morgan fingerprint density at radius 2 is 2.08 bits per heavy atom. The van der Waals surface area contributed by atoms with Gasteiger partial charge in [-0.25, -0.2) is 0 Å². The highest BCUT2D eigenvalue weighted by Crippen LogP contribution is 2.24. The molecule has 0 aliphatic carbocycles. The lowest BCUT2D eigenvalue weighted by Crippen LogP contribution is -1.80. The van der Waals surface area contributed by atoms with Crippen LogP contribution < -0.4 is 0 Å². The van der Waals surface area contributed by atoms with E-state index < -0.39 is 0 Å². The fourth-order valence-electron chi connectivity index (χ4n) is 1.22. The molecule has 0 fully saturated rings. The average molecular weight is 214 g/mol. The molecule has 0 saturated carbocycles. The fourth-order valence-corrected chi connectivity index (χ4v) is 3.09. The lowest BCUT2D eigenvalue weighted by atomic mass is 10.2. The highest BCUT2D eigenvalue weighted by molar-refractivity contribution is 8.01. The first-order valence-corrected chi connectivity index (χ1v) is 6.96. The molecule has 0 aliphatic heterocycles. The van der Waals surface area contributed by atoms with Crippen LogP contribution in [0.2, 0.25) is 0 Å². The van der Waals surface area contributed by atoms with E-state index in [1.165, 1.54) is 42.1 Å². The van der Waals surface area contributed by atoms with Crippen LogP contribution in [0.4, 0.5) is 0 Å². The van der Waals surface area contributed by atoms with E-state index in [9.17, 15) is 0 Å². The van der Waals surface area contributed by atoms with Crippen LogP contribution in [-0.2, 0) is 0 Å². The van der Waals surface area contributed by atoms with Crippen molar-refractivity contribution in [3.05, 3.63) is 17.5 Å². The van der Waals surface area contributed by atoms with Crippen molar-refractivity contribution in [3.8, 4) is 0 Å². The summed E-state index contributed by atoms with van der Waals surface area (Å²) in [6, 6.07) is 4.34. The third-order valence-electron chi connectivity index (χ3n) is 1.99. The zero-order valence-electron chi connectivity index (χ0n) is 8.29. The lowest BCUT2D eigenvalue weighted by Gasteiger charge is -1.98. The van der Waals surface area contributed by atoms with Crippen LogP contribution in [0.3, 0.4) is 0 Å². The van der Waals surface area contributed by atoms with Crippen molar-refractivity contribution >= 4 is 23.1 Å². The maximum atomic E-state index is 2.26. The second-order valence-electron chi connectivity index (χ2n) is 3.19. The molecular weight excluding hydrogens is 196 g/mol. The minimum Gasteiger partial charge on any atom is -0.137 e. The molecule has 0 spiro atoms. The van der Waals surface area contributed by atoms with Gasteiger partial charge in [0, 0.05) is 0 Å². The smallest absolute Gasteiger partial charge is 0.0598 e. The van der Waals surface area contributed by atoms with Gasteiger partial charge in [-0.15, -0.1) is 23.1 Å². The Balaban J connectivity index is 1.90. The predicted molar refractivity (Wildman–Crippen MR) is 63.8 cm³/mol. The van der Waals surface area contributed by atoms with Crippen molar-refractivity contribution in [2.45, 2.75) is 43.2 Å². The van der Waals surface area contributed by atoms with Crippen LogP contribution in [0.1, 0.15) is 39.0 Å². The average Bonchev–Trinajstić information content (AvgIpc) is 2.63. The first kappa shape index (κ1) is 11.1. The second-order valence-corrected chi connectivity index (χ2v) is 5.54. The lowest BCUT2D eigenvalue weighted by molar-refractivity contribution is 0.659. The number of thioether (sulfide) groups is 1. The Bertz CT molecular complexity index is 192.